The summed E-state index contributed by atoms with van der Waals surface area (Å²) in [5.74, 6) is 0. The summed E-state index contributed by atoms with van der Waals surface area (Å²) in [6.07, 6.45) is 6.48. The largest absolute Gasteiger partial charge is 0.362 e. The first-order valence-electron chi connectivity index (χ1n) is 5.02. The third-order valence-electron chi connectivity index (χ3n) is 3.03. The molecule has 66 valence electrons. The first-order valence-corrected chi connectivity index (χ1v) is 5.02. The molecule has 0 spiro atoms. The van der Waals surface area contributed by atoms with Gasteiger partial charge in [-0.1, -0.05) is 6.92 Å². The lowest BCUT2D eigenvalue weighted by molar-refractivity contribution is 0.674. The Hall–Kier alpha value is -0.720. The van der Waals surface area contributed by atoms with Crippen molar-refractivity contribution in [3.05, 3.63) is 22.5 Å². The predicted octanol–water partition coefficient (Wildman–Crippen LogP) is 2.76. The minimum atomic E-state index is 1.15. The molecule has 0 radical (unpaired) electrons. The lowest BCUT2D eigenvalue weighted by Gasteiger charge is -2.10. The number of aryl methyl sites for hydroxylation is 2. The highest BCUT2D eigenvalue weighted by atomic mass is 14.7. The molecule has 1 nitrogen and oxygen atoms in total. The van der Waals surface area contributed by atoms with Crippen molar-refractivity contribution in [1.29, 1.82) is 0 Å². The number of aromatic amines is 1. The number of fused-ring (bicyclic) bond motifs is 1. The zero-order valence-electron chi connectivity index (χ0n) is 8.04. The average Bonchev–Trinajstić information content (AvgIpc) is 2.44. The van der Waals surface area contributed by atoms with Gasteiger partial charge in [-0.25, -0.2) is 0 Å². The normalized spacial score (nSPS) is 16.2. The van der Waals surface area contributed by atoms with Crippen molar-refractivity contribution in [3.63, 3.8) is 0 Å². The molecule has 0 amide bonds. The van der Waals surface area contributed by atoms with E-state index in [-0.39, 0.29) is 0 Å². The Balaban J connectivity index is 2.44. The van der Waals surface area contributed by atoms with E-state index in [1.807, 2.05) is 0 Å². The van der Waals surface area contributed by atoms with E-state index in [4.69, 9.17) is 0 Å². The van der Waals surface area contributed by atoms with Gasteiger partial charge in [0.25, 0.3) is 0 Å². The van der Waals surface area contributed by atoms with Crippen LogP contribution in [0.3, 0.4) is 0 Å². The third-order valence-corrected chi connectivity index (χ3v) is 3.03. The van der Waals surface area contributed by atoms with E-state index in [1.165, 1.54) is 42.6 Å². The Labute approximate surface area is 74.2 Å². The molecule has 12 heavy (non-hydrogen) atoms. The lowest BCUT2D eigenvalue weighted by atomic mass is 9.95. The van der Waals surface area contributed by atoms with Crippen LogP contribution in [0.15, 0.2) is 0 Å². The number of rotatable bonds is 1. The van der Waals surface area contributed by atoms with E-state index in [2.05, 4.69) is 18.8 Å². The van der Waals surface area contributed by atoms with Gasteiger partial charge in [-0.3, -0.25) is 0 Å². The van der Waals surface area contributed by atoms with Crippen molar-refractivity contribution in [1.82, 2.24) is 4.98 Å². The zero-order chi connectivity index (χ0) is 8.55. The molecule has 0 aliphatic heterocycles. The minimum absolute atomic E-state index is 1.15. The maximum atomic E-state index is 3.55. The molecule has 0 saturated heterocycles. The second-order valence-electron chi connectivity index (χ2n) is 3.75. The van der Waals surface area contributed by atoms with Gasteiger partial charge >= 0.3 is 0 Å². The highest BCUT2D eigenvalue weighted by molar-refractivity contribution is 5.37. The topological polar surface area (TPSA) is 15.8 Å². The molecule has 1 aliphatic carbocycles. The fourth-order valence-electron chi connectivity index (χ4n) is 2.27. The van der Waals surface area contributed by atoms with Crippen LogP contribution in [0.1, 0.15) is 42.3 Å². The molecular formula is C11H17N. The monoisotopic (exact) mass is 163 g/mol. The summed E-state index contributed by atoms with van der Waals surface area (Å²) >= 11 is 0. The first kappa shape index (κ1) is 7.90. The number of H-pyrrole nitrogens is 1. The molecule has 1 heteroatoms. The standard InChI is InChI=1S/C11H17N/c1-3-10-8(2)9-6-4-5-7-11(9)12-10/h12H,3-7H2,1-2H3. The van der Waals surface area contributed by atoms with Gasteiger partial charge in [0.1, 0.15) is 0 Å². The van der Waals surface area contributed by atoms with Crippen LogP contribution < -0.4 is 0 Å². The molecule has 1 heterocycles. The lowest BCUT2D eigenvalue weighted by Crippen LogP contribution is -2.00. The molecule has 1 aliphatic rings. The summed E-state index contributed by atoms with van der Waals surface area (Å²) in [4.78, 5) is 3.55. The molecule has 0 bridgehead atoms. The summed E-state index contributed by atoms with van der Waals surface area (Å²) in [5.41, 5.74) is 6.14. The quantitative estimate of drug-likeness (QED) is 0.655. The van der Waals surface area contributed by atoms with Crippen LogP contribution in [0.2, 0.25) is 0 Å². The molecule has 1 aromatic rings. The molecule has 2 rings (SSSR count). The second kappa shape index (κ2) is 2.96. The number of hydrogen-bond acceptors (Lipinski definition) is 0. The van der Waals surface area contributed by atoms with Gasteiger partial charge in [-0.15, -0.1) is 0 Å². The van der Waals surface area contributed by atoms with Crippen LogP contribution in [0.25, 0.3) is 0 Å². The fraction of sp³-hybridized carbons (Fsp3) is 0.636. The van der Waals surface area contributed by atoms with E-state index in [0.29, 0.717) is 0 Å². The Kier molecular flexibility index (Phi) is 1.95. The summed E-state index contributed by atoms with van der Waals surface area (Å²) in [6, 6.07) is 0. The zero-order valence-corrected chi connectivity index (χ0v) is 8.04. The highest BCUT2D eigenvalue weighted by Crippen LogP contribution is 2.26. The Bertz CT molecular complexity index is 283. The highest BCUT2D eigenvalue weighted by Gasteiger charge is 2.15. The van der Waals surface area contributed by atoms with Gasteiger partial charge < -0.3 is 4.98 Å². The summed E-state index contributed by atoms with van der Waals surface area (Å²) < 4.78 is 0. The first-order chi connectivity index (χ1) is 5.83. The minimum Gasteiger partial charge on any atom is -0.362 e. The van der Waals surface area contributed by atoms with Gasteiger partial charge in [-0.05, 0) is 50.2 Å². The molecular weight excluding hydrogens is 146 g/mol. The molecule has 0 aromatic carbocycles. The van der Waals surface area contributed by atoms with Gasteiger partial charge in [0.05, 0.1) is 0 Å². The van der Waals surface area contributed by atoms with Gasteiger partial charge in [-0.2, -0.15) is 0 Å². The van der Waals surface area contributed by atoms with Crippen molar-refractivity contribution in [2.45, 2.75) is 46.0 Å². The smallest absolute Gasteiger partial charge is 0.0184 e. The number of hydrogen-bond donors (Lipinski definition) is 1. The van der Waals surface area contributed by atoms with E-state index in [9.17, 15) is 0 Å². The Morgan fingerprint density at radius 1 is 1.25 bits per heavy atom. The predicted molar refractivity (Wildman–Crippen MR) is 51.5 cm³/mol. The van der Waals surface area contributed by atoms with Crippen molar-refractivity contribution in [3.8, 4) is 0 Å². The van der Waals surface area contributed by atoms with Crippen molar-refractivity contribution >= 4 is 0 Å². The van der Waals surface area contributed by atoms with Crippen LogP contribution in [-0.2, 0) is 19.3 Å². The van der Waals surface area contributed by atoms with Crippen LogP contribution in [0, 0.1) is 6.92 Å². The number of nitrogens with one attached hydrogen (secondary N) is 1. The Morgan fingerprint density at radius 3 is 2.67 bits per heavy atom. The Morgan fingerprint density at radius 2 is 2.00 bits per heavy atom. The second-order valence-corrected chi connectivity index (χ2v) is 3.75. The van der Waals surface area contributed by atoms with Gasteiger partial charge in [0.15, 0.2) is 0 Å². The van der Waals surface area contributed by atoms with Gasteiger partial charge in [0, 0.05) is 11.4 Å². The summed E-state index contributed by atoms with van der Waals surface area (Å²) in [5, 5.41) is 0. The number of aromatic nitrogens is 1. The van der Waals surface area contributed by atoms with Crippen molar-refractivity contribution < 1.29 is 0 Å². The molecule has 0 atom stereocenters. The van der Waals surface area contributed by atoms with Crippen molar-refractivity contribution in [2.75, 3.05) is 0 Å². The summed E-state index contributed by atoms with van der Waals surface area (Å²) in [6.45, 7) is 4.49. The molecule has 1 N–H and O–H groups in total. The molecule has 0 unspecified atom stereocenters. The third kappa shape index (κ3) is 1.08. The van der Waals surface area contributed by atoms with Crippen molar-refractivity contribution in [2.24, 2.45) is 0 Å². The van der Waals surface area contributed by atoms with E-state index < -0.39 is 0 Å². The maximum Gasteiger partial charge on any atom is 0.0184 e. The molecule has 0 fully saturated rings. The van der Waals surface area contributed by atoms with E-state index >= 15 is 0 Å². The fourth-order valence-corrected chi connectivity index (χ4v) is 2.27. The SMILES string of the molecule is CCc1[nH]c2c(c1C)CCCC2. The van der Waals surface area contributed by atoms with Crippen LogP contribution in [-0.4, -0.2) is 4.98 Å². The van der Waals surface area contributed by atoms with E-state index in [1.54, 1.807) is 5.56 Å². The molecule has 1 aromatic heterocycles. The maximum absolute atomic E-state index is 3.55. The van der Waals surface area contributed by atoms with Crippen LogP contribution in [0.5, 0.6) is 0 Å². The molecule has 0 saturated carbocycles. The van der Waals surface area contributed by atoms with E-state index in [0.717, 1.165) is 6.42 Å². The van der Waals surface area contributed by atoms with Crippen LogP contribution in [0.4, 0.5) is 0 Å². The average molecular weight is 163 g/mol. The summed E-state index contributed by atoms with van der Waals surface area (Å²) in [7, 11) is 0. The van der Waals surface area contributed by atoms with Crippen LogP contribution >= 0.6 is 0 Å². The van der Waals surface area contributed by atoms with Gasteiger partial charge in [0.2, 0.25) is 0 Å².